The van der Waals surface area contributed by atoms with Crippen molar-refractivity contribution in [2.45, 2.75) is 280 Å². The highest BCUT2D eigenvalue weighted by Gasteiger charge is 2.33. The summed E-state index contributed by atoms with van der Waals surface area (Å²) in [6, 6.07) is -13.6. The molecular formula is C86H138N22O34. The Hall–Kier alpha value is -13.9. The van der Waals surface area contributed by atoms with Gasteiger partial charge in [0.15, 0.2) is 5.69 Å². The highest BCUT2D eigenvalue weighted by atomic mass is 16.4. The molecule has 0 spiro atoms. The standard InChI is InChI=1S/C86H138N22O34/c109-65(87-35-15-11-23-59(81(133)134)96-85(141)98-61(83(137)138)31-33-70(114)115)27-5-1-3-7-29-67(111)92-56(78(127)128)25-13-19-39-107-50-63(100-102-107)75(124)90-38-18-9-21-55(76(125)95-58(80(131)132)22-10-17-37-89-69(113)51-103-41-43-104(52-72(118)119)45-47-106(54-74(122)123)48-46-105(44-42-103)53-73(120)121)94-77(126)64-49-91-101-108(64)40-20-14-26-57(79(129)130)93-68(112)30-8-4-2-6-28-66(110)88-36-16-12-24-60(82(135)136)97-86(142)99-62(84(139)140)32-34-71(116)117/h49-50,55-62H,1-48,51-54H2,(H,87,109)(H,88,110)(H,89,113)(H,90,124)(H,92,111)(H,93,112)(H,94,126)(H,95,125)(H,114,115)(H,116,117)(H,118,119)(H,120,121)(H,122,123)(H,127,128)(H,129,130)(H,131,132)(H,133,134)(H,135,136)(H,137,138)(H,139,140)(H2,96,98,141)(H2,97,99,142)/t55?,56?,57?,58?,59?,60?,61-,62-/m0/s1. The molecule has 2 aromatic heterocycles. The lowest BCUT2D eigenvalue weighted by atomic mass is 10.1. The van der Waals surface area contributed by atoms with E-state index >= 15 is 0 Å². The molecule has 8 atom stereocenters. The molecule has 2 aromatic rings. The van der Waals surface area contributed by atoms with Crippen LogP contribution in [0.3, 0.4) is 0 Å². The molecule has 1 fully saturated rings. The third-order valence-corrected chi connectivity index (χ3v) is 22.5. The van der Waals surface area contributed by atoms with Crippen molar-refractivity contribution >= 4 is 131 Å². The van der Waals surface area contributed by atoms with E-state index in [1.54, 1.807) is 19.6 Å². The highest BCUT2D eigenvalue weighted by molar-refractivity contribution is 5.97. The van der Waals surface area contributed by atoms with Gasteiger partial charge in [-0.1, -0.05) is 36.1 Å². The average Bonchev–Trinajstić information content (AvgIpc) is 1.69. The van der Waals surface area contributed by atoms with E-state index in [0.29, 0.717) is 77.0 Å². The van der Waals surface area contributed by atoms with Crippen molar-refractivity contribution < 1.29 is 167 Å². The molecule has 6 unspecified atom stereocenters. The molecule has 24 N–H and O–H groups in total. The average molecular weight is 2020 g/mol. The van der Waals surface area contributed by atoms with Crippen molar-refractivity contribution in [3.05, 3.63) is 23.8 Å². The van der Waals surface area contributed by atoms with E-state index in [2.05, 4.69) is 73.8 Å². The van der Waals surface area contributed by atoms with E-state index in [0.717, 1.165) is 6.20 Å². The lowest BCUT2D eigenvalue weighted by molar-refractivity contribution is -0.142. The number of nitrogens with one attached hydrogen (secondary N) is 12. The number of aromatic nitrogens is 6. The van der Waals surface area contributed by atoms with Gasteiger partial charge in [0.05, 0.1) is 38.6 Å². The molecule has 0 bridgehead atoms. The fourth-order valence-corrected chi connectivity index (χ4v) is 14.6. The minimum atomic E-state index is -1.57. The topological polar surface area (TPSA) is 837 Å². The van der Waals surface area contributed by atoms with Crippen LogP contribution in [0.5, 0.6) is 0 Å². The molecule has 3 rings (SSSR count). The summed E-state index contributed by atoms with van der Waals surface area (Å²) in [6.07, 6.45) is 7.06. The number of rotatable bonds is 76. The number of nitrogens with zero attached hydrogens (tertiary/aromatic N) is 10. The monoisotopic (exact) mass is 2020 g/mol. The molecule has 1 aliphatic heterocycles. The van der Waals surface area contributed by atoms with Crippen molar-refractivity contribution in [1.29, 1.82) is 0 Å². The zero-order chi connectivity index (χ0) is 105. The van der Waals surface area contributed by atoms with Crippen molar-refractivity contribution in [3.63, 3.8) is 0 Å². The van der Waals surface area contributed by atoms with E-state index in [4.69, 9.17) is 10.2 Å². The van der Waals surface area contributed by atoms with Gasteiger partial charge in [-0.15, -0.1) is 10.2 Å². The minimum Gasteiger partial charge on any atom is -0.481 e. The molecule has 0 radical (unpaired) electrons. The first-order valence-corrected chi connectivity index (χ1v) is 47.3. The van der Waals surface area contributed by atoms with Crippen LogP contribution in [0.1, 0.15) is 239 Å². The number of carbonyl (C=O) groups excluding carboxylic acids is 10. The summed E-state index contributed by atoms with van der Waals surface area (Å²) in [5, 5.41) is 160. The summed E-state index contributed by atoms with van der Waals surface area (Å²) < 4.78 is 2.56. The van der Waals surface area contributed by atoms with Crippen LogP contribution < -0.4 is 63.8 Å². The molecule has 0 aliphatic carbocycles. The maximum Gasteiger partial charge on any atom is 0.326 e. The number of urea groups is 2. The van der Waals surface area contributed by atoms with Crippen LogP contribution in [0.2, 0.25) is 0 Å². The van der Waals surface area contributed by atoms with Crippen molar-refractivity contribution in [1.82, 2.24) is 113 Å². The maximum atomic E-state index is 14.3. The fourth-order valence-electron chi connectivity index (χ4n) is 14.6. The first kappa shape index (κ1) is 122. The van der Waals surface area contributed by atoms with Gasteiger partial charge in [0.2, 0.25) is 35.4 Å². The molecule has 796 valence electrons. The Bertz CT molecular complexity index is 4410. The van der Waals surface area contributed by atoms with Gasteiger partial charge >= 0.3 is 83.7 Å². The third kappa shape index (κ3) is 56.3. The van der Waals surface area contributed by atoms with Crippen LogP contribution in [-0.2, 0) is 99.4 Å². The predicted molar refractivity (Wildman–Crippen MR) is 491 cm³/mol. The van der Waals surface area contributed by atoms with Gasteiger partial charge in [0.25, 0.3) is 11.8 Å². The van der Waals surface area contributed by atoms with Gasteiger partial charge < -0.3 is 125 Å². The number of unbranched alkanes of at least 4 members (excludes halogenated alkanes) is 12. The van der Waals surface area contributed by atoms with Gasteiger partial charge in [-0.2, -0.15) is 0 Å². The lowest BCUT2D eigenvalue weighted by Crippen LogP contribution is -2.51. The van der Waals surface area contributed by atoms with Crippen LogP contribution in [0.4, 0.5) is 9.59 Å². The van der Waals surface area contributed by atoms with Gasteiger partial charge in [0.1, 0.15) is 54.0 Å². The number of aliphatic carboxylic acids is 12. The Kier molecular flexibility index (Phi) is 60.1. The number of amides is 12. The Morgan fingerprint density at radius 2 is 0.585 bits per heavy atom. The van der Waals surface area contributed by atoms with Gasteiger partial charge in [-0.3, -0.25) is 86.6 Å². The van der Waals surface area contributed by atoms with E-state index in [-0.39, 0.29) is 257 Å². The van der Waals surface area contributed by atoms with Crippen molar-refractivity contribution in [2.75, 3.05) is 105 Å². The van der Waals surface area contributed by atoms with Crippen molar-refractivity contribution in [3.8, 4) is 0 Å². The Labute approximate surface area is 816 Å². The molecule has 0 saturated carbocycles. The first-order chi connectivity index (χ1) is 67.5. The quantitative estimate of drug-likeness (QED) is 0.0312. The molecule has 56 nitrogen and oxygen atoms in total. The third-order valence-electron chi connectivity index (χ3n) is 22.5. The molecule has 0 aromatic carbocycles. The Balaban J connectivity index is 1.56. The largest absolute Gasteiger partial charge is 0.481 e. The van der Waals surface area contributed by atoms with E-state index in [1.165, 1.54) is 15.6 Å². The lowest BCUT2D eigenvalue weighted by Gasteiger charge is -2.32. The van der Waals surface area contributed by atoms with E-state index < -0.39 is 193 Å². The minimum absolute atomic E-state index is 0.00471. The highest BCUT2D eigenvalue weighted by Crippen LogP contribution is 2.16. The Morgan fingerprint density at radius 1 is 0.275 bits per heavy atom. The van der Waals surface area contributed by atoms with Crippen LogP contribution in [0.15, 0.2) is 12.4 Å². The van der Waals surface area contributed by atoms with E-state index in [1.807, 2.05) is 10.6 Å². The SMILES string of the molecule is O=C(O)CC[C@H](NC(=O)NC(CCCCNC(=O)CCCCCCC(=O)NC(CCCCn1cc(C(=O)NCCCCC(NC(=O)c2cnnn2CCCCC(NC(=O)CCCCCCC(=O)NCCCCC(NC(=O)N[C@@H](CCC(=O)O)C(=O)O)C(=O)O)C(=O)O)C(=O)NC(CCCCNC(=O)CN2CCN(CC(=O)O)CCN(CC(=O)O)CCN(CC(=O)O)CC2)C(=O)O)nn1)C(=O)O)C(=O)O)C(=O)O. The van der Waals surface area contributed by atoms with Crippen LogP contribution in [0, 0.1) is 0 Å². The number of hydrogen-bond acceptors (Lipinski definition) is 30. The summed E-state index contributed by atoms with van der Waals surface area (Å²) in [7, 11) is 0. The maximum absolute atomic E-state index is 14.3. The molecular weight excluding hydrogens is 1890 g/mol. The first-order valence-electron chi connectivity index (χ1n) is 47.3. The smallest absolute Gasteiger partial charge is 0.326 e. The molecule has 56 heteroatoms. The summed E-state index contributed by atoms with van der Waals surface area (Å²) in [5.41, 5.74) is -0.240. The molecule has 142 heavy (non-hydrogen) atoms. The number of carbonyl (C=O) groups is 22. The van der Waals surface area contributed by atoms with Crippen LogP contribution in [-0.4, -0.2) is 395 Å². The van der Waals surface area contributed by atoms with Crippen LogP contribution in [0.25, 0.3) is 0 Å². The van der Waals surface area contributed by atoms with Gasteiger partial charge in [-0.05, 0) is 154 Å². The number of carboxylic acids is 12. The summed E-state index contributed by atoms with van der Waals surface area (Å²) in [6.45, 7) is 0.576. The van der Waals surface area contributed by atoms with Crippen molar-refractivity contribution in [2.24, 2.45) is 0 Å². The second-order valence-corrected chi connectivity index (χ2v) is 34.1. The normalized spacial score (nSPS) is 14.4. The predicted octanol–water partition coefficient (Wildman–Crippen LogP) is -2.23. The summed E-state index contributed by atoms with van der Waals surface area (Å²) in [4.78, 5) is 277. The zero-order valence-electron chi connectivity index (χ0n) is 79.4. The zero-order valence-corrected chi connectivity index (χ0v) is 79.4. The molecule has 1 aliphatic rings. The number of aryl methyl sites for hydroxylation is 2. The second kappa shape index (κ2) is 69.8. The molecule has 1 saturated heterocycles. The van der Waals surface area contributed by atoms with E-state index in [9.17, 15) is 157 Å². The Morgan fingerprint density at radius 3 is 0.944 bits per heavy atom. The fraction of sp³-hybridized carbons (Fsp3) is 0.698. The second-order valence-electron chi connectivity index (χ2n) is 34.1. The number of carboxylic acid groups (broad SMARTS) is 12. The van der Waals surface area contributed by atoms with Gasteiger partial charge in [0, 0.05) is 130 Å². The molecule has 12 amide bonds. The summed E-state index contributed by atoms with van der Waals surface area (Å²) in [5.74, 6) is -20.3. The molecule has 3 heterocycles. The summed E-state index contributed by atoms with van der Waals surface area (Å²) >= 11 is 0. The number of hydrogen-bond donors (Lipinski definition) is 24. The van der Waals surface area contributed by atoms with Crippen LogP contribution >= 0.6 is 0 Å². The van der Waals surface area contributed by atoms with Gasteiger partial charge in [-0.25, -0.2) is 47.8 Å².